The first kappa shape index (κ1) is 12.4. The number of rotatable bonds is 5. The predicted octanol–water partition coefficient (Wildman–Crippen LogP) is 2.72. The summed E-state index contributed by atoms with van der Waals surface area (Å²) in [6, 6.07) is 8.85. The Balaban J connectivity index is 1.57. The molecule has 0 spiro atoms. The molecule has 3 nitrogen and oxygen atoms in total. The average molecular weight is 255 g/mol. The Labute approximate surface area is 114 Å². The highest BCUT2D eigenvalue weighted by Gasteiger charge is 2.21. The fourth-order valence-electron chi connectivity index (χ4n) is 3.01. The number of imidazole rings is 1. The second-order valence-electron chi connectivity index (χ2n) is 5.24. The molecular formula is C16H21N3. The van der Waals surface area contributed by atoms with E-state index in [1.807, 2.05) is 12.5 Å². The molecule has 1 atom stereocenters. The zero-order chi connectivity index (χ0) is 13.1. The monoisotopic (exact) mass is 255 g/mol. The van der Waals surface area contributed by atoms with E-state index in [-0.39, 0.29) is 0 Å². The minimum atomic E-state index is 0.675. The summed E-state index contributed by atoms with van der Waals surface area (Å²) < 4.78 is 2.19. The normalized spacial score (nSPS) is 17.6. The maximum Gasteiger partial charge on any atom is 0.0948 e. The van der Waals surface area contributed by atoms with Crippen molar-refractivity contribution in [2.75, 3.05) is 6.54 Å². The highest BCUT2D eigenvalue weighted by molar-refractivity contribution is 5.35. The van der Waals surface area contributed by atoms with Crippen LogP contribution in [0.4, 0.5) is 0 Å². The molecule has 19 heavy (non-hydrogen) atoms. The summed E-state index contributed by atoms with van der Waals surface area (Å²) in [5, 5.41) is 3.58. The van der Waals surface area contributed by atoms with Crippen molar-refractivity contribution in [3.63, 3.8) is 0 Å². The quantitative estimate of drug-likeness (QED) is 0.890. The number of nitrogens with one attached hydrogen (secondary N) is 1. The van der Waals surface area contributed by atoms with Crippen molar-refractivity contribution in [3.8, 4) is 0 Å². The van der Waals surface area contributed by atoms with Crippen LogP contribution in [0.3, 0.4) is 0 Å². The van der Waals surface area contributed by atoms with Crippen LogP contribution in [-0.4, -0.2) is 16.1 Å². The Hall–Kier alpha value is -1.61. The van der Waals surface area contributed by atoms with E-state index in [9.17, 15) is 0 Å². The van der Waals surface area contributed by atoms with Gasteiger partial charge in [0.15, 0.2) is 0 Å². The van der Waals surface area contributed by atoms with Crippen LogP contribution in [0.1, 0.15) is 36.1 Å². The highest BCUT2D eigenvalue weighted by atomic mass is 15.1. The summed E-state index contributed by atoms with van der Waals surface area (Å²) in [6.07, 6.45) is 6.37. The zero-order valence-corrected chi connectivity index (χ0v) is 11.5. The number of nitrogens with zero attached hydrogens (tertiary/aromatic N) is 2. The third kappa shape index (κ3) is 2.56. The van der Waals surface area contributed by atoms with Crippen molar-refractivity contribution in [2.45, 2.75) is 38.8 Å². The molecule has 0 saturated heterocycles. The van der Waals surface area contributed by atoms with Crippen molar-refractivity contribution < 1.29 is 0 Å². The van der Waals surface area contributed by atoms with E-state index in [1.54, 1.807) is 5.56 Å². The molecule has 3 rings (SSSR count). The molecule has 0 fully saturated rings. The zero-order valence-electron chi connectivity index (χ0n) is 11.5. The smallest absolute Gasteiger partial charge is 0.0948 e. The first-order valence-corrected chi connectivity index (χ1v) is 7.16. The van der Waals surface area contributed by atoms with Crippen molar-refractivity contribution in [1.82, 2.24) is 14.9 Å². The van der Waals surface area contributed by atoms with Gasteiger partial charge in [-0.3, -0.25) is 0 Å². The van der Waals surface area contributed by atoms with Gasteiger partial charge in [-0.05, 0) is 36.8 Å². The lowest BCUT2D eigenvalue weighted by Crippen LogP contribution is -2.21. The summed E-state index contributed by atoms with van der Waals surface area (Å²) in [7, 11) is 0. The van der Waals surface area contributed by atoms with Crippen LogP contribution in [0, 0.1) is 0 Å². The van der Waals surface area contributed by atoms with E-state index in [4.69, 9.17) is 0 Å². The molecule has 0 saturated carbocycles. The van der Waals surface area contributed by atoms with Crippen molar-refractivity contribution in [3.05, 3.63) is 53.6 Å². The van der Waals surface area contributed by atoms with Crippen molar-refractivity contribution in [2.24, 2.45) is 0 Å². The van der Waals surface area contributed by atoms with Crippen LogP contribution in [-0.2, 0) is 19.5 Å². The van der Waals surface area contributed by atoms with E-state index in [0.717, 1.165) is 19.6 Å². The van der Waals surface area contributed by atoms with Gasteiger partial charge in [-0.2, -0.15) is 0 Å². The molecule has 1 aliphatic rings. The summed E-state index contributed by atoms with van der Waals surface area (Å²) in [6.45, 7) is 5.11. The first-order valence-electron chi connectivity index (χ1n) is 7.16. The van der Waals surface area contributed by atoms with Crippen LogP contribution < -0.4 is 5.32 Å². The molecule has 0 aliphatic heterocycles. The molecule has 3 heteroatoms. The van der Waals surface area contributed by atoms with Crippen molar-refractivity contribution in [1.29, 1.82) is 0 Å². The SMILES string of the molecule is CCn1cncc1CNCC1CCc2ccccc21. The first-order chi connectivity index (χ1) is 9.38. The fourth-order valence-corrected chi connectivity index (χ4v) is 3.01. The molecule has 1 unspecified atom stereocenters. The van der Waals surface area contributed by atoms with Crippen LogP contribution in [0.15, 0.2) is 36.8 Å². The third-order valence-corrected chi connectivity index (χ3v) is 4.09. The summed E-state index contributed by atoms with van der Waals surface area (Å²) >= 11 is 0. The molecule has 1 N–H and O–H groups in total. The standard InChI is InChI=1S/C16H21N3/c1-2-19-12-18-11-15(19)10-17-9-14-8-7-13-5-3-4-6-16(13)14/h3-6,11-12,14,17H,2,7-10H2,1H3. The lowest BCUT2D eigenvalue weighted by molar-refractivity contribution is 0.560. The maximum absolute atomic E-state index is 4.20. The van der Waals surface area contributed by atoms with Gasteiger partial charge in [0.25, 0.3) is 0 Å². The van der Waals surface area contributed by atoms with Crippen LogP contribution in [0.25, 0.3) is 0 Å². The molecule has 1 aromatic heterocycles. The number of hydrogen-bond donors (Lipinski definition) is 1. The molecule has 2 aromatic rings. The van der Waals surface area contributed by atoms with Gasteiger partial charge in [0, 0.05) is 25.8 Å². The lowest BCUT2D eigenvalue weighted by Gasteiger charge is -2.13. The van der Waals surface area contributed by atoms with Crippen LogP contribution >= 0.6 is 0 Å². The third-order valence-electron chi connectivity index (χ3n) is 4.09. The second kappa shape index (κ2) is 5.57. The number of fused-ring (bicyclic) bond motifs is 1. The van der Waals surface area contributed by atoms with E-state index in [2.05, 4.69) is 46.1 Å². The molecule has 1 heterocycles. The second-order valence-corrected chi connectivity index (χ2v) is 5.24. The number of benzene rings is 1. The van der Waals surface area contributed by atoms with E-state index < -0.39 is 0 Å². The minimum Gasteiger partial charge on any atom is -0.334 e. The average Bonchev–Trinajstić information content (AvgIpc) is 3.06. The molecule has 100 valence electrons. The Morgan fingerprint density at radius 1 is 1.37 bits per heavy atom. The van der Waals surface area contributed by atoms with Gasteiger partial charge < -0.3 is 9.88 Å². The van der Waals surface area contributed by atoms with Gasteiger partial charge in [0.1, 0.15) is 0 Å². The number of hydrogen-bond acceptors (Lipinski definition) is 2. The molecule has 0 bridgehead atoms. The van der Waals surface area contributed by atoms with Gasteiger partial charge >= 0.3 is 0 Å². The highest BCUT2D eigenvalue weighted by Crippen LogP contribution is 2.32. The molecular weight excluding hydrogens is 234 g/mol. The minimum absolute atomic E-state index is 0.675. The summed E-state index contributed by atoms with van der Waals surface area (Å²) in [4.78, 5) is 4.20. The lowest BCUT2D eigenvalue weighted by atomic mass is 10.0. The topological polar surface area (TPSA) is 29.9 Å². The molecule has 1 aromatic carbocycles. The Morgan fingerprint density at radius 3 is 3.16 bits per heavy atom. The molecule has 0 radical (unpaired) electrons. The predicted molar refractivity (Wildman–Crippen MR) is 77.1 cm³/mol. The summed E-state index contributed by atoms with van der Waals surface area (Å²) in [5.74, 6) is 0.675. The Morgan fingerprint density at radius 2 is 2.26 bits per heavy atom. The van der Waals surface area contributed by atoms with Crippen LogP contribution in [0.2, 0.25) is 0 Å². The summed E-state index contributed by atoms with van der Waals surface area (Å²) in [5.41, 5.74) is 4.35. The maximum atomic E-state index is 4.20. The Bertz CT molecular complexity index is 544. The van der Waals surface area contributed by atoms with Gasteiger partial charge in [0.2, 0.25) is 0 Å². The number of aryl methyl sites for hydroxylation is 2. The van der Waals surface area contributed by atoms with Crippen LogP contribution in [0.5, 0.6) is 0 Å². The molecule has 1 aliphatic carbocycles. The number of aromatic nitrogens is 2. The molecule has 0 amide bonds. The van der Waals surface area contributed by atoms with Gasteiger partial charge in [-0.25, -0.2) is 4.98 Å². The van der Waals surface area contributed by atoms with E-state index in [0.29, 0.717) is 5.92 Å². The van der Waals surface area contributed by atoms with Crippen molar-refractivity contribution >= 4 is 0 Å². The van der Waals surface area contributed by atoms with Gasteiger partial charge in [-0.15, -0.1) is 0 Å². The Kier molecular flexibility index (Phi) is 3.65. The van der Waals surface area contributed by atoms with Gasteiger partial charge in [0.05, 0.1) is 12.0 Å². The van der Waals surface area contributed by atoms with Gasteiger partial charge in [-0.1, -0.05) is 24.3 Å². The van der Waals surface area contributed by atoms with E-state index >= 15 is 0 Å². The largest absolute Gasteiger partial charge is 0.334 e. The van der Waals surface area contributed by atoms with E-state index in [1.165, 1.54) is 24.1 Å². The fraction of sp³-hybridized carbons (Fsp3) is 0.438.